The zero-order valence-corrected chi connectivity index (χ0v) is 12.8. The highest BCUT2D eigenvalue weighted by molar-refractivity contribution is 5.75. The number of methoxy groups -OCH3 is 1. The van der Waals surface area contributed by atoms with Crippen LogP contribution >= 0.6 is 0 Å². The van der Waals surface area contributed by atoms with E-state index in [2.05, 4.69) is 10.4 Å². The topological polar surface area (TPSA) is 56.1 Å². The predicted octanol–water partition coefficient (Wildman–Crippen LogP) is 2.09. The number of nitrogens with zero attached hydrogens (tertiary/aromatic N) is 2. The predicted molar refractivity (Wildman–Crippen MR) is 83.7 cm³/mol. The number of fused-ring (bicyclic) bond motifs is 1. The molecule has 0 unspecified atom stereocenters. The van der Waals surface area contributed by atoms with Gasteiger partial charge < -0.3 is 10.1 Å². The van der Waals surface area contributed by atoms with Crippen molar-refractivity contribution in [2.75, 3.05) is 7.11 Å². The minimum absolute atomic E-state index is 0.0179. The number of aryl methyl sites for hydroxylation is 2. The van der Waals surface area contributed by atoms with Crippen molar-refractivity contribution >= 4 is 5.91 Å². The number of nitrogens with one attached hydrogen (secondary N) is 1. The Kier molecular flexibility index (Phi) is 4.42. The number of hydrogen-bond acceptors (Lipinski definition) is 3. The molecule has 22 heavy (non-hydrogen) atoms. The molecule has 1 heterocycles. The fraction of sp³-hybridized carbons (Fsp3) is 0.412. The van der Waals surface area contributed by atoms with Gasteiger partial charge in [-0.05, 0) is 48.9 Å². The van der Waals surface area contributed by atoms with Gasteiger partial charge >= 0.3 is 0 Å². The third kappa shape index (κ3) is 3.47. The first-order valence-corrected chi connectivity index (χ1v) is 7.69. The second kappa shape index (κ2) is 6.64. The average Bonchev–Trinajstić information content (AvgIpc) is 2.95. The molecule has 1 aliphatic rings. The van der Waals surface area contributed by atoms with Gasteiger partial charge in [-0.15, -0.1) is 0 Å². The van der Waals surface area contributed by atoms with E-state index in [0.29, 0.717) is 6.54 Å². The van der Waals surface area contributed by atoms with Crippen LogP contribution in [-0.2, 0) is 30.7 Å². The van der Waals surface area contributed by atoms with Gasteiger partial charge in [0.2, 0.25) is 5.91 Å². The van der Waals surface area contributed by atoms with E-state index in [1.807, 2.05) is 30.5 Å². The van der Waals surface area contributed by atoms with Crippen LogP contribution in [0.1, 0.15) is 29.7 Å². The maximum Gasteiger partial charge on any atom is 0.241 e. The third-order valence-corrected chi connectivity index (χ3v) is 3.99. The summed E-state index contributed by atoms with van der Waals surface area (Å²) in [6.45, 7) is 0.799. The lowest BCUT2D eigenvalue weighted by atomic mass is 9.99. The molecule has 0 saturated heterocycles. The van der Waals surface area contributed by atoms with Crippen LogP contribution < -0.4 is 10.1 Å². The Hall–Kier alpha value is -2.30. The molecular weight excluding hydrogens is 278 g/mol. The normalized spacial score (nSPS) is 13.5. The SMILES string of the molecule is COc1ccc(CNC(=O)Cn2cc3c(n2)CCCC3)cc1. The molecule has 1 amide bonds. The van der Waals surface area contributed by atoms with Crippen LogP contribution in [0.4, 0.5) is 0 Å². The monoisotopic (exact) mass is 299 g/mol. The number of aromatic nitrogens is 2. The zero-order chi connectivity index (χ0) is 15.4. The minimum Gasteiger partial charge on any atom is -0.497 e. The van der Waals surface area contributed by atoms with E-state index in [9.17, 15) is 4.79 Å². The van der Waals surface area contributed by atoms with Gasteiger partial charge in [0, 0.05) is 12.7 Å². The van der Waals surface area contributed by atoms with Gasteiger partial charge in [0.15, 0.2) is 0 Å². The number of ether oxygens (including phenoxy) is 1. The van der Waals surface area contributed by atoms with Crippen LogP contribution in [0, 0.1) is 0 Å². The molecule has 116 valence electrons. The van der Waals surface area contributed by atoms with Crippen LogP contribution in [0.5, 0.6) is 5.75 Å². The van der Waals surface area contributed by atoms with E-state index >= 15 is 0 Å². The van der Waals surface area contributed by atoms with Crippen LogP contribution in [0.3, 0.4) is 0 Å². The molecule has 0 spiro atoms. The van der Waals surface area contributed by atoms with Gasteiger partial charge in [-0.25, -0.2) is 0 Å². The first-order chi connectivity index (χ1) is 10.7. The van der Waals surface area contributed by atoms with Crippen LogP contribution in [0.25, 0.3) is 0 Å². The second-order valence-corrected chi connectivity index (χ2v) is 5.63. The lowest BCUT2D eigenvalue weighted by Crippen LogP contribution is -2.27. The molecule has 1 aliphatic carbocycles. The zero-order valence-electron chi connectivity index (χ0n) is 12.8. The molecule has 0 fully saturated rings. The van der Waals surface area contributed by atoms with Gasteiger partial charge in [0.25, 0.3) is 0 Å². The molecule has 1 aromatic carbocycles. The van der Waals surface area contributed by atoms with E-state index in [0.717, 1.165) is 29.8 Å². The lowest BCUT2D eigenvalue weighted by Gasteiger charge is -2.07. The van der Waals surface area contributed by atoms with Crippen molar-refractivity contribution in [3.8, 4) is 5.75 Å². The highest BCUT2D eigenvalue weighted by Gasteiger charge is 2.14. The number of benzene rings is 1. The first-order valence-electron chi connectivity index (χ1n) is 7.69. The summed E-state index contributed by atoms with van der Waals surface area (Å²) in [6.07, 6.45) is 6.57. The maximum absolute atomic E-state index is 12.0. The van der Waals surface area contributed by atoms with Crippen molar-refractivity contribution in [2.24, 2.45) is 0 Å². The number of hydrogen-bond donors (Lipinski definition) is 1. The van der Waals surface area contributed by atoms with E-state index < -0.39 is 0 Å². The van der Waals surface area contributed by atoms with Gasteiger partial charge in [-0.1, -0.05) is 12.1 Å². The molecule has 1 N–H and O–H groups in total. The molecule has 1 aromatic heterocycles. The van der Waals surface area contributed by atoms with E-state index in [4.69, 9.17) is 4.74 Å². The molecule has 3 rings (SSSR count). The molecule has 2 aromatic rings. The largest absolute Gasteiger partial charge is 0.497 e. The number of amides is 1. The Labute approximate surface area is 130 Å². The summed E-state index contributed by atoms with van der Waals surface area (Å²) >= 11 is 0. The molecule has 5 heteroatoms. The van der Waals surface area contributed by atoms with Gasteiger partial charge in [0.1, 0.15) is 12.3 Å². The maximum atomic E-state index is 12.0. The number of carbonyl (C=O) groups excluding carboxylic acids is 1. The smallest absolute Gasteiger partial charge is 0.241 e. The van der Waals surface area contributed by atoms with Crippen molar-refractivity contribution in [1.82, 2.24) is 15.1 Å². The molecule has 5 nitrogen and oxygen atoms in total. The van der Waals surface area contributed by atoms with E-state index in [1.54, 1.807) is 11.8 Å². The molecule has 0 aliphatic heterocycles. The van der Waals surface area contributed by atoms with Crippen LogP contribution in [0.15, 0.2) is 30.5 Å². The fourth-order valence-corrected chi connectivity index (χ4v) is 2.76. The third-order valence-electron chi connectivity index (χ3n) is 3.99. The second-order valence-electron chi connectivity index (χ2n) is 5.63. The standard InChI is InChI=1S/C17H21N3O2/c1-22-15-8-6-13(7-9-15)10-18-17(21)12-20-11-14-4-2-3-5-16(14)19-20/h6-9,11H,2-5,10,12H2,1H3,(H,18,21). The van der Waals surface area contributed by atoms with Crippen molar-refractivity contribution in [3.63, 3.8) is 0 Å². The average molecular weight is 299 g/mol. The summed E-state index contributed by atoms with van der Waals surface area (Å²) in [5.41, 5.74) is 3.51. The summed E-state index contributed by atoms with van der Waals surface area (Å²) < 4.78 is 6.88. The van der Waals surface area contributed by atoms with Crippen LogP contribution in [-0.4, -0.2) is 22.8 Å². The highest BCUT2D eigenvalue weighted by atomic mass is 16.5. The highest BCUT2D eigenvalue weighted by Crippen LogP contribution is 2.19. The summed E-state index contributed by atoms with van der Waals surface area (Å²) in [5, 5.41) is 7.43. The number of carbonyl (C=O) groups is 1. The fourth-order valence-electron chi connectivity index (χ4n) is 2.76. The molecular formula is C17H21N3O2. The quantitative estimate of drug-likeness (QED) is 0.919. The van der Waals surface area contributed by atoms with Crippen molar-refractivity contribution < 1.29 is 9.53 Å². The Morgan fingerprint density at radius 3 is 2.77 bits per heavy atom. The number of rotatable bonds is 5. The van der Waals surface area contributed by atoms with Gasteiger partial charge in [0.05, 0.1) is 12.8 Å². The Morgan fingerprint density at radius 1 is 1.27 bits per heavy atom. The molecule has 0 saturated carbocycles. The van der Waals surface area contributed by atoms with Crippen molar-refractivity contribution in [1.29, 1.82) is 0 Å². The lowest BCUT2D eigenvalue weighted by molar-refractivity contribution is -0.122. The minimum atomic E-state index is -0.0179. The van der Waals surface area contributed by atoms with E-state index in [-0.39, 0.29) is 12.5 Å². The van der Waals surface area contributed by atoms with Crippen LogP contribution in [0.2, 0.25) is 0 Å². The Bertz CT molecular complexity index is 623. The first kappa shape index (κ1) is 14.6. The van der Waals surface area contributed by atoms with E-state index in [1.165, 1.54) is 18.4 Å². The summed E-state index contributed by atoms with van der Waals surface area (Å²) in [5.74, 6) is 0.799. The Balaban J connectivity index is 1.52. The summed E-state index contributed by atoms with van der Waals surface area (Å²) in [4.78, 5) is 12.0. The molecule has 0 bridgehead atoms. The van der Waals surface area contributed by atoms with Gasteiger partial charge in [-0.3, -0.25) is 9.48 Å². The van der Waals surface area contributed by atoms with Crippen molar-refractivity contribution in [3.05, 3.63) is 47.3 Å². The van der Waals surface area contributed by atoms with Gasteiger partial charge in [-0.2, -0.15) is 5.10 Å². The van der Waals surface area contributed by atoms with Crippen molar-refractivity contribution in [2.45, 2.75) is 38.8 Å². The molecule has 0 atom stereocenters. The Morgan fingerprint density at radius 2 is 2.05 bits per heavy atom. The summed E-state index contributed by atoms with van der Waals surface area (Å²) in [6, 6.07) is 7.68. The molecule has 0 radical (unpaired) electrons. The summed E-state index contributed by atoms with van der Waals surface area (Å²) in [7, 11) is 1.64.